The number of rotatable bonds is 3. The molecule has 0 fully saturated rings. The van der Waals surface area contributed by atoms with Crippen LogP contribution in [0.4, 0.5) is 14.5 Å². The number of nitrogens with zero attached hydrogens (tertiary/aromatic N) is 2. The summed E-state index contributed by atoms with van der Waals surface area (Å²) in [6.45, 7) is 0.0329. The Hall–Kier alpha value is -2.63. The average molecular weight is 288 g/mol. The predicted octanol–water partition coefficient (Wildman–Crippen LogP) is 3.10. The Morgan fingerprint density at radius 1 is 1.19 bits per heavy atom. The molecule has 4 nitrogen and oxygen atoms in total. The summed E-state index contributed by atoms with van der Waals surface area (Å²) in [7, 11) is 0. The van der Waals surface area contributed by atoms with E-state index in [0.717, 1.165) is 12.1 Å². The molecule has 0 amide bonds. The van der Waals surface area contributed by atoms with E-state index in [0.29, 0.717) is 17.0 Å². The van der Waals surface area contributed by atoms with Crippen LogP contribution >= 0.6 is 0 Å². The van der Waals surface area contributed by atoms with Crippen LogP contribution < -0.4 is 4.74 Å². The molecule has 21 heavy (non-hydrogen) atoms. The molecule has 1 aromatic heterocycles. The number of hydrogen-bond acceptors (Lipinski definition) is 4. The molecule has 2 heterocycles. The normalized spacial score (nSPS) is 13.6. The Balaban J connectivity index is 1.76. The van der Waals surface area contributed by atoms with Crippen LogP contribution in [0.15, 0.2) is 41.7 Å². The van der Waals surface area contributed by atoms with E-state index in [2.05, 4.69) is 9.98 Å². The van der Waals surface area contributed by atoms with Crippen molar-refractivity contribution in [2.75, 3.05) is 6.61 Å². The minimum absolute atomic E-state index is 0.0329. The Labute approximate surface area is 119 Å². The third-order valence-electron chi connectivity index (χ3n) is 3.04. The van der Waals surface area contributed by atoms with E-state index in [-0.39, 0.29) is 24.6 Å². The number of carbonyl (C=O) groups is 1. The molecule has 0 saturated carbocycles. The highest BCUT2D eigenvalue weighted by atomic mass is 19.2. The van der Waals surface area contributed by atoms with E-state index >= 15 is 0 Å². The van der Waals surface area contributed by atoms with Gasteiger partial charge in [0.25, 0.3) is 0 Å². The summed E-state index contributed by atoms with van der Waals surface area (Å²) in [5.74, 6) is -1.80. The molecule has 0 N–H and O–H groups in total. The second-order valence-electron chi connectivity index (χ2n) is 4.54. The maximum absolute atomic E-state index is 13.1. The number of Topliss-reactive ketones (excluding diaryl/α,β-unsaturated/α-hetero) is 1. The summed E-state index contributed by atoms with van der Waals surface area (Å²) >= 11 is 0. The van der Waals surface area contributed by atoms with E-state index in [9.17, 15) is 13.6 Å². The Morgan fingerprint density at radius 3 is 2.86 bits per heavy atom. The fourth-order valence-electron chi connectivity index (χ4n) is 2.02. The monoisotopic (exact) mass is 288 g/mol. The van der Waals surface area contributed by atoms with Crippen molar-refractivity contribution in [1.82, 2.24) is 4.98 Å². The van der Waals surface area contributed by atoms with Gasteiger partial charge in [-0.25, -0.2) is 8.78 Å². The van der Waals surface area contributed by atoms with Gasteiger partial charge in [-0.15, -0.1) is 0 Å². The summed E-state index contributed by atoms with van der Waals surface area (Å²) in [6, 6.07) is 4.88. The minimum atomic E-state index is -0.983. The van der Waals surface area contributed by atoms with Gasteiger partial charge in [-0.2, -0.15) is 0 Å². The highest BCUT2D eigenvalue weighted by molar-refractivity contribution is 6.16. The molecule has 0 bridgehead atoms. The van der Waals surface area contributed by atoms with Gasteiger partial charge >= 0.3 is 0 Å². The van der Waals surface area contributed by atoms with Gasteiger partial charge in [-0.3, -0.25) is 14.8 Å². The van der Waals surface area contributed by atoms with Gasteiger partial charge in [0.1, 0.15) is 12.4 Å². The van der Waals surface area contributed by atoms with E-state index in [1.165, 1.54) is 18.5 Å². The van der Waals surface area contributed by atoms with Gasteiger partial charge in [0.15, 0.2) is 17.4 Å². The highest BCUT2D eigenvalue weighted by Crippen LogP contribution is 2.24. The molecule has 0 spiro atoms. The van der Waals surface area contributed by atoms with Crippen molar-refractivity contribution in [2.24, 2.45) is 4.99 Å². The number of aromatic nitrogens is 1. The molecule has 0 saturated heterocycles. The van der Waals surface area contributed by atoms with Gasteiger partial charge in [0.05, 0.1) is 24.0 Å². The molecule has 0 unspecified atom stereocenters. The quantitative estimate of drug-likeness (QED) is 0.872. The highest BCUT2D eigenvalue weighted by Gasteiger charge is 2.20. The molecular weight excluding hydrogens is 278 g/mol. The molecule has 1 aliphatic rings. The zero-order valence-electron chi connectivity index (χ0n) is 10.8. The molecule has 106 valence electrons. The minimum Gasteiger partial charge on any atom is -0.488 e. The van der Waals surface area contributed by atoms with Crippen LogP contribution in [0.5, 0.6) is 5.75 Å². The van der Waals surface area contributed by atoms with Crippen LogP contribution in [0.3, 0.4) is 0 Å². The lowest BCUT2D eigenvalue weighted by Gasteiger charge is -2.14. The Morgan fingerprint density at radius 2 is 2.05 bits per heavy atom. The van der Waals surface area contributed by atoms with Gasteiger partial charge in [0, 0.05) is 17.8 Å². The lowest BCUT2D eigenvalue weighted by Crippen LogP contribution is -2.19. The van der Waals surface area contributed by atoms with E-state index in [1.807, 2.05) is 0 Å². The number of ether oxygens (including phenoxy) is 1. The van der Waals surface area contributed by atoms with Crippen molar-refractivity contribution in [1.29, 1.82) is 0 Å². The molecule has 6 heteroatoms. The van der Waals surface area contributed by atoms with Crippen molar-refractivity contribution >= 4 is 17.2 Å². The van der Waals surface area contributed by atoms with Crippen LogP contribution in [0.1, 0.15) is 16.8 Å². The van der Waals surface area contributed by atoms with Crippen LogP contribution in [-0.4, -0.2) is 23.1 Å². The maximum atomic E-state index is 13.1. The Bertz CT molecular complexity index is 744. The zero-order chi connectivity index (χ0) is 14.8. The number of hydrogen-bond donors (Lipinski definition) is 0. The molecule has 0 atom stereocenters. The summed E-state index contributed by atoms with van der Waals surface area (Å²) in [5, 5.41) is 0. The third kappa shape index (κ3) is 2.79. The first-order chi connectivity index (χ1) is 10.1. The SMILES string of the molecule is O=C1CC(COc2ccc(F)c(F)c2)=Nc2cnccc21. The fourth-order valence-corrected chi connectivity index (χ4v) is 2.02. The zero-order valence-corrected chi connectivity index (χ0v) is 10.8. The van der Waals surface area contributed by atoms with Crippen molar-refractivity contribution < 1.29 is 18.3 Å². The lowest BCUT2D eigenvalue weighted by molar-refractivity contribution is 0.0998. The van der Waals surface area contributed by atoms with E-state index < -0.39 is 11.6 Å². The first-order valence-electron chi connectivity index (χ1n) is 6.25. The number of aliphatic imine (C=N–C) groups is 1. The van der Waals surface area contributed by atoms with Crippen LogP contribution in [0, 0.1) is 11.6 Å². The number of halogens is 2. The van der Waals surface area contributed by atoms with E-state index in [1.54, 1.807) is 6.07 Å². The number of benzene rings is 1. The second-order valence-corrected chi connectivity index (χ2v) is 4.54. The van der Waals surface area contributed by atoms with E-state index in [4.69, 9.17) is 4.74 Å². The summed E-state index contributed by atoms with van der Waals surface area (Å²) < 4.78 is 31.2. The molecule has 2 aromatic rings. The maximum Gasteiger partial charge on any atom is 0.170 e. The summed E-state index contributed by atoms with van der Waals surface area (Å²) in [6.07, 6.45) is 3.18. The van der Waals surface area contributed by atoms with Crippen molar-refractivity contribution in [3.63, 3.8) is 0 Å². The predicted molar refractivity (Wildman–Crippen MR) is 72.1 cm³/mol. The van der Waals surface area contributed by atoms with Crippen LogP contribution in [0.2, 0.25) is 0 Å². The van der Waals surface area contributed by atoms with Gasteiger partial charge < -0.3 is 4.74 Å². The van der Waals surface area contributed by atoms with Crippen molar-refractivity contribution in [3.8, 4) is 5.75 Å². The van der Waals surface area contributed by atoms with Crippen LogP contribution in [-0.2, 0) is 0 Å². The first-order valence-corrected chi connectivity index (χ1v) is 6.25. The van der Waals surface area contributed by atoms with Gasteiger partial charge in [0.2, 0.25) is 0 Å². The Kier molecular flexibility index (Phi) is 3.43. The summed E-state index contributed by atoms with van der Waals surface area (Å²) in [4.78, 5) is 20.1. The van der Waals surface area contributed by atoms with Gasteiger partial charge in [-0.05, 0) is 18.2 Å². The second kappa shape index (κ2) is 5.40. The molecule has 0 radical (unpaired) electrons. The van der Waals surface area contributed by atoms with Crippen molar-refractivity contribution in [3.05, 3.63) is 53.9 Å². The third-order valence-corrected chi connectivity index (χ3v) is 3.04. The molecular formula is C15H10F2N2O2. The number of pyridine rings is 1. The number of carbonyl (C=O) groups excluding carboxylic acids is 1. The molecule has 3 rings (SSSR count). The van der Waals surface area contributed by atoms with Crippen LogP contribution in [0.25, 0.3) is 0 Å². The average Bonchev–Trinajstić information content (AvgIpc) is 2.49. The largest absolute Gasteiger partial charge is 0.488 e. The number of ketones is 1. The lowest BCUT2D eigenvalue weighted by atomic mass is 10.0. The van der Waals surface area contributed by atoms with Crippen molar-refractivity contribution in [2.45, 2.75) is 6.42 Å². The fraction of sp³-hybridized carbons (Fsp3) is 0.133. The topological polar surface area (TPSA) is 51.5 Å². The summed E-state index contributed by atoms with van der Waals surface area (Å²) in [5.41, 5.74) is 1.55. The van der Waals surface area contributed by atoms with Gasteiger partial charge in [-0.1, -0.05) is 0 Å². The number of fused-ring (bicyclic) bond motifs is 1. The molecule has 1 aliphatic heterocycles. The first kappa shape index (κ1) is 13.4. The standard InChI is InChI=1S/C15H10F2N2O2/c16-12-2-1-10(6-13(12)17)21-8-9-5-15(20)11-3-4-18-7-14(11)19-9/h1-4,6-7H,5,8H2. The smallest absolute Gasteiger partial charge is 0.170 e. The molecule has 0 aliphatic carbocycles. The molecule has 1 aromatic carbocycles.